The Bertz CT molecular complexity index is 1430. The maximum atomic E-state index is 14.6. The highest BCUT2D eigenvalue weighted by atomic mass is 35.5. The molecular formula is C23H19ClFN5O3S. The minimum atomic E-state index is -1.35. The molecule has 0 amide bonds. The molecule has 5 rings (SSSR count). The van der Waals surface area contributed by atoms with Crippen LogP contribution in [0.25, 0.3) is 11.0 Å². The summed E-state index contributed by atoms with van der Waals surface area (Å²) in [6.07, 6.45) is 3.00. The maximum absolute atomic E-state index is 14.6. The molecule has 0 aliphatic carbocycles. The zero-order valence-corrected chi connectivity index (χ0v) is 19.4. The standard InChI is InChI=1S/C23H19ClFN5O3S/c24-17-3-1-2-14(19(17)25)12-30-13-16(22(32)33)20(31)15-4-5-18(27-21(15)30)28-7-9-29(10-8-28)23-26-6-11-34-23/h1-6,11,13H,7-10,12H2,(H,32,33). The lowest BCUT2D eigenvalue weighted by Crippen LogP contribution is -2.46. The van der Waals surface area contributed by atoms with Gasteiger partial charge in [-0.3, -0.25) is 4.79 Å². The van der Waals surface area contributed by atoms with Crippen LogP contribution in [0.5, 0.6) is 0 Å². The third-order valence-corrected chi connectivity index (χ3v) is 6.93. The van der Waals surface area contributed by atoms with E-state index in [1.807, 2.05) is 5.38 Å². The number of hydrogen-bond donors (Lipinski definition) is 1. The number of halogens is 2. The van der Waals surface area contributed by atoms with Crippen LogP contribution in [0.2, 0.25) is 5.02 Å². The van der Waals surface area contributed by atoms with Crippen molar-refractivity contribution in [2.75, 3.05) is 36.0 Å². The topological polar surface area (TPSA) is 91.6 Å². The van der Waals surface area contributed by atoms with E-state index in [1.165, 1.54) is 16.8 Å². The van der Waals surface area contributed by atoms with E-state index in [1.54, 1.807) is 41.8 Å². The first-order valence-corrected chi connectivity index (χ1v) is 11.8. The fraction of sp³-hybridized carbons (Fsp3) is 0.217. The molecule has 1 N–H and O–H groups in total. The summed E-state index contributed by atoms with van der Waals surface area (Å²) in [5.41, 5.74) is -0.480. The summed E-state index contributed by atoms with van der Waals surface area (Å²) >= 11 is 7.52. The number of hydrogen-bond acceptors (Lipinski definition) is 7. The molecule has 0 bridgehead atoms. The molecule has 1 aliphatic heterocycles. The van der Waals surface area contributed by atoms with Crippen LogP contribution in [-0.4, -0.2) is 51.8 Å². The molecule has 0 saturated carbocycles. The summed E-state index contributed by atoms with van der Waals surface area (Å²) < 4.78 is 16.1. The predicted octanol–water partition coefficient (Wildman–Crippen LogP) is 3.72. The average molecular weight is 500 g/mol. The number of nitrogens with zero attached hydrogens (tertiary/aromatic N) is 5. The van der Waals surface area contributed by atoms with Gasteiger partial charge >= 0.3 is 5.97 Å². The Balaban J connectivity index is 1.53. The van der Waals surface area contributed by atoms with Gasteiger partial charge in [-0.2, -0.15) is 0 Å². The van der Waals surface area contributed by atoms with Crippen molar-refractivity contribution in [1.29, 1.82) is 0 Å². The molecular weight excluding hydrogens is 481 g/mol. The smallest absolute Gasteiger partial charge is 0.341 e. The fourth-order valence-electron chi connectivity index (χ4n) is 4.06. The number of fused-ring (bicyclic) bond motifs is 1. The van der Waals surface area contributed by atoms with Crippen molar-refractivity contribution in [2.45, 2.75) is 6.54 Å². The highest BCUT2D eigenvalue weighted by Crippen LogP contribution is 2.24. The third kappa shape index (κ3) is 4.10. The molecule has 1 aromatic carbocycles. The molecule has 174 valence electrons. The number of anilines is 2. The fourth-order valence-corrected chi connectivity index (χ4v) is 4.95. The lowest BCUT2D eigenvalue weighted by molar-refractivity contribution is 0.0695. The summed E-state index contributed by atoms with van der Waals surface area (Å²) in [6.45, 7) is 2.92. The van der Waals surface area contributed by atoms with Crippen molar-refractivity contribution in [3.05, 3.63) is 80.3 Å². The van der Waals surface area contributed by atoms with Crippen molar-refractivity contribution in [1.82, 2.24) is 14.5 Å². The van der Waals surface area contributed by atoms with Crippen molar-refractivity contribution in [2.24, 2.45) is 0 Å². The van der Waals surface area contributed by atoms with E-state index in [4.69, 9.17) is 16.6 Å². The van der Waals surface area contributed by atoms with Gasteiger partial charge in [0.2, 0.25) is 5.43 Å². The molecule has 8 nitrogen and oxygen atoms in total. The van der Waals surface area contributed by atoms with Crippen molar-refractivity contribution in [3.63, 3.8) is 0 Å². The first kappa shape index (κ1) is 22.3. The molecule has 1 aliphatic rings. The number of aromatic carboxylic acids is 1. The Kier molecular flexibility index (Phi) is 5.93. The lowest BCUT2D eigenvalue weighted by atomic mass is 10.1. The van der Waals surface area contributed by atoms with Crippen LogP contribution in [-0.2, 0) is 6.54 Å². The minimum Gasteiger partial charge on any atom is -0.477 e. The number of carboxylic acid groups (broad SMARTS) is 1. The van der Waals surface area contributed by atoms with Crippen LogP contribution in [0.3, 0.4) is 0 Å². The molecule has 0 atom stereocenters. The number of rotatable bonds is 5. The van der Waals surface area contributed by atoms with Crippen LogP contribution in [0.1, 0.15) is 15.9 Å². The number of pyridine rings is 2. The van der Waals surface area contributed by atoms with Crippen molar-refractivity contribution < 1.29 is 14.3 Å². The van der Waals surface area contributed by atoms with Gasteiger partial charge in [-0.05, 0) is 18.2 Å². The Morgan fingerprint density at radius 1 is 1.15 bits per heavy atom. The Hall–Kier alpha value is -3.50. The van der Waals surface area contributed by atoms with Gasteiger partial charge in [0.05, 0.1) is 17.0 Å². The van der Waals surface area contributed by atoms with Gasteiger partial charge in [0, 0.05) is 49.5 Å². The molecule has 11 heteroatoms. The van der Waals surface area contributed by atoms with E-state index in [0.29, 0.717) is 18.9 Å². The van der Waals surface area contributed by atoms with Gasteiger partial charge in [0.25, 0.3) is 0 Å². The van der Waals surface area contributed by atoms with Crippen LogP contribution in [0, 0.1) is 5.82 Å². The van der Waals surface area contributed by atoms with E-state index < -0.39 is 22.8 Å². The minimum absolute atomic E-state index is 0.0300. The summed E-state index contributed by atoms with van der Waals surface area (Å²) in [5.74, 6) is -1.29. The second-order valence-electron chi connectivity index (χ2n) is 7.85. The quantitative estimate of drug-likeness (QED) is 0.447. The first-order chi connectivity index (χ1) is 16.4. The van der Waals surface area contributed by atoms with Gasteiger partial charge in [-0.25, -0.2) is 19.2 Å². The zero-order valence-electron chi connectivity index (χ0n) is 17.8. The Morgan fingerprint density at radius 2 is 1.91 bits per heavy atom. The molecule has 34 heavy (non-hydrogen) atoms. The largest absolute Gasteiger partial charge is 0.477 e. The Morgan fingerprint density at radius 3 is 2.62 bits per heavy atom. The number of piperazine rings is 1. The van der Waals surface area contributed by atoms with E-state index in [0.717, 1.165) is 18.2 Å². The van der Waals surface area contributed by atoms with Gasteiger partial charge < -0.3 is 19.5 Å². The van der Waals surface area contributed by atoms with Crippen LogP contribution in [0.15, 0.2) is 52.9 Å². The van der Waals surface area contributed by atoms with Crippen LogP contribution in [0.4, 0.5) is 15.3 Å². The van der Waals surface area contributed by atoms with E-state index >= 15 is 0 Å². The third-order valence-electron chi connectivity index (χ3n) is 5.80. The average Bonchev–Trinajstić information content (AvgIpc) is 3.38. The number of carboxylic acids is 1. The summed E-state index contributed by atoms with van der Waals surface area (Å²) in [7, 11) is 0. The second kappa shape index (κ2) is 9.03. The van der Waals surface area contributed by atoms with Gasteiger partial charge in [0.15, 0.2) is 5.13 Å². The number of aromatic nitrogens is 3. The molecule has 3 aromatic heterocycles. The van der Waals surface area contributed by atoms with Crippen LogP contribution >= 0.6 is 22.9 Å². The SMILES string of the molecule is O=C(O)c1cn(Cc2cccc(Cl)c2F)c2nc(N3CCN(c4nccs4)CC3)ccc2c1=O. The maximum Gasteiger partial charge on any atom is 0.341 e. The van der Waals surface area contributed by atoms with Crippen LogP contribution < -0.4 is 15.2 Å². The molecule has 0 radical (unpaired) electrons. The molecule has 1 fully saturated rings. The lowest BCUT2D eigenvalue weighted by Gasteiger charge is -2.35. The predicted molar refractivity (Wildman–Crippen MR) is 130 cm³/mol. The normalized spacial score (nSPS) is 14.1. The van der Waals surface area contributed by atoms with Gasteiger partial charge in [-0.15, -0.1) is 11.3 Å². The number of benzene rings is 1. The summed E-state index contributed by atoms with van der Waals surface area (Å²) in [4.78, 5) is 37.9. The highest BCUT2D eigenvalue weighted by Gasteiger charge is 2.22. The second-order valence-corrected chi connectivity index (χ2v) is 9.13. The molecule has 1 saturated heterocycles. The van der Waals surface area contributed by atoms with E-state index in [2.05, 4.69) is 14.8 Å². The van der Waals surface area contributed by atoms with Crippen molar-refractivity contribution >= 4 is 50.9 Å². The first-order valence-electron chi connectivity index (χ1n) is 10.5. The number of carbonyl (C=O) groups is 1. The van der Waals surface area contributed by atoms with E-state index in [9.17, 15) is 19.1 Å². The molecule has 0 spiro atoms. The van der Waals surface area contributed by atoms with Crippen molar-refractivity contribution in [3.8, 4) is 0 Å². The van der Waals surface area contributed by atoms with E-state index in [-0.39, 0.29) is 28.2 Å². The highest BCUT2D eigenvalue weighted by molar-refractivity contribution is 7.13. The van der Waals surface area contributed by atoms with Gasteiger partial charge in [0.1, 0.15) is 22.8 Å². The summed E-state index contributed by atoms with van der Waals surface area (Å²) in [5, 5.41) is 12.6. The Labute approximate surface area is 202 Å². The molecule has 0 unspecified atom stereocenters. The molecule has 4 aromatic rings. The molecule has 4 heterocycles. The summed E-state index contributed by atoms with van der Waals surface area (Å²) in [6, 6.07) is 7.93. The zero-order chi connectivity index (χ0) is 23.8. The monoisotopic (exact) mass is 499 g/mol. The van der Waals surface area contributed by atoms with Gasteiger partial charge in [-0.1, -0.05) is 23.7 Å². The number of thiazole rings is 1.